The van der Waals surface area contributed by atoms with Crippen LogP contribution in [0.25, 0.3) is 0 Å². The molecular formula is C13H16O3. The summed E-state index contributed by atoms with van der Waals surface area (Å²) in [6.45, 7) is 2.11. The molecule has 3 nitrogen and oxygen atoms in total. The molecule has 0 heterocycles. The van der Waals surface area contributed by atoms with Gasteiger partial charge in [-0.25, -0.2) is 0 Å². The lowest BCUT2D eigenvalue weighted by atomic mass is 9.90. The van der Waals surface area contributed by atoms with E-state index in [9.17, 15) is 4.79 Å². The Bertz CT molecular complexity index is 369. The van der Waals surface area contributed by atoms with Crippen molar-refractivity contribution in [2.45, 2.75) is 32.0 Å². The van der Waals surface area contributed by atoms with Crippen LogP contribution in [0.1, 0.15) is 18.9 Å². The van der Waals surface area contributed by atoms with Gasteiger partial charge in [-0.05, 0) is 24.1 Å². The molecule has 0 spiro atoms. The number of hydrogen-bond acceptors (Lipinski definition) is 3. The molecule has 1 aromatic rings. The Morgan fingerprint density at radius 3 is 2.50 bits per heavy atom. The van der Waals surface area contributed by atoms with Gasteiger partial charge in [0.05, 0.1) is 0 Å². The largest absolute Gasteiger partial charge is 0.487 e. The quantitative estimate of drug-likeness (QED) is 0.778. The van der Waals surface area contributed by atoms with Crippen molar-refractivity contribution in [2.24, 2.45) is 0 Å². The number of carbonyl (C=O) groups excluding carboxylic acids is 1. The molecule has 1 aliphatic rings. The molecule has 2 atom stereocenters. The first-order chi connectivity index (χ1) is 7.74. The van der Waals surface area contributed by atoms with Crippen molar-refractivity contribution >= 4 is 5.78 Å². The van der Waals surface area contributed by atoms with E-state index < -0.39 is 0 Å². The Balaban J connectivity index is 1.96. The third-order valence-corrected chi connectivity index (χ3v) is 2.93. The SMILES string of the molecule is CCc1ccc(OC2CC(=O)C2OC)cc1. The van der Waals surface area contributed by atoms with Crippen LogP contribution in [-0.4, -0.2) is 25.1 Å². The van der Waals surface area contributed by atoms with E-state index >= 15 is 0 Å². The summed E-state index contributed by atoms with van der Waals surface area (Å²) in [5.41, 5.74) is 1.28. The summed E-state index contributed by atoms with van der Waals surface area (Å²) in [5, 5.41) is 0. The molecule has 1 saturated carbocycles. The first kappa shape index (κ1) is 11.1. The number of ketones is 1. The lowest BCUT2D eigenvalue weighted by Crippen LogP contribution is -2.51. The third kappa shape index (κ3) is 2.09. The van der Waals surface area contributed by atoms with Crippen LogP contribution < -0.4 is 4.74 Å². The smallest absolute Gasteiger partial charge is 0.169 e. The van der Waals surface area contributed by atoms with Gasteiger partial charge in [-0.2, -0.15) is 0 Å². The lowest BCUT2D eigenvalue weighted by molar-refractivity contribution is -0.150. The maximum Gasteiger partial charge on any atom is 0.169 e. The summed E-state index contributed by atoms with van der Waals surface area (Å²) >= 11 is 0. The normalized spacial score (nSPS) is 24.0. The van der Waals surface area contributed by atoms with Gasteiger partial charge in [0.1, 0.15) is 11.9 Å². The van der Waals surface area contributed by atoms with Crippen molar-refractivity contribution in [3.63, 3.8) is 0 Å². The summed E-state index contributed by atoms with van der Waals surface area (Å²) < 4.78 is 10.7. The Labute approximate surface area is 95.4 Å². The Hall–Kier alpha value is -1.35. The molecule has 0 saturated heterocycles. The van der Waals surface area contributed by atoms with E-state index in [-0.39, 0.29) is 18.0 Å². The predicted octanol–water partition coefficient (Wildman–Crippen LogP) is 1.98. The van der Waals surface area contributed by atoms with Gasteiger partial charge in [-0.1, -0.05) is 19.1 Å². The Morgan fingerprint density at radius 2 is 2.00 bits per heavy atom. The minimum absolute atomic E-state index is 0.120. The highest BCUT2D eigenvalue weighted by Crippen LogP contribution is 2.25. The topological polar surface area (TPSA) is 35.5 Å². The molecule has 1 fully saturated rings. The van der Waals surface area contributed by atoms with E-state index in [2.05, 4.69) is 6.92 Å². The Morgan fingerprint density at radius 1 is 1.31 bits per heavy atom. The second-order valence-electron chi connectivity index (χ2n) is 3.98. The van der Waals surface area contributed by atoms with Crippen molar-refractivity contribution in [1.82, 2.24) is 0 Å². The van der Waals surface area contributed by atoms with E-state index in [1.54, 1.807) is 0 Å². The summed E-state index contributed by atoms with van der Waals surface area (Å²) in [6, 6.07) is 7.96. The van der Waals surface area contributed by atoms with E-state index in [0.29, 0.717) is 6.42 Å². The molecule has 0 aromatic heterocycles. The number of ether oxygens (including phenoxy) is 2. The highest BCUT2D eigenvalue weighted by atomic mass is 16.5. The van der Waals surface area contributed by atoms with Crippen LogP contribution in [0.15, 0.2) is 24.3 Å². The molecule has 86 valence electrons. The molecule has 1 aromatic carbocycles. The fourth-order valence-corrected chi connectivity index (χ4v) is 1.83. The summed E-state index contributed by atoms with van der Waals surface area (Å²) in [6.07, 6.45) is 0.965. The first-order valence-corrected chi connectivity index (χ1v) is 5.55. The van der Waals surface area contributed by atoms with Gasteiger partial charge in [0.15, 0.2) is 11.9 Å². The van der Waals surface area contributed by atoms with Crippen LogP contribution in [0.4, 0.5) is 0 Å². The number of rotatable bonds is 4. The third-order valence-electron chi connectivity index (χ3n) is 2.93. The van der Waals surface area contributed by atoms with Gasteiger partial charge in [-0.3, -0.25) is 4.79 Å². The fraction of sp³-hybridized carbons (Fsp3) is 0.462. The van der Waals surface area contributed by atoms with Gasteiger partial charge < -0.3 is 9.47 Å². The second kappa shape index (κ2) is 4.66. The summed E-state index contributed by atoms with van der Waals surface area (Å²) in [7, 11) is 1.54. The van der Waals surface area contributed by atoms with Gasteiger partial charge in [0.2, 0.25) is 0 Å². The summed E-state index contributed by atoms with van der Waals surface area (Å²) in [5.74, 6) is 0.925. The zero-order chi connectivity index (χ0) is 11.5. The van der Waals surface area contributed by atoms with Crippen molar-refractivity contribution in [3.05, 3.63) is 29.8 Å². The number of benzene rings is 1. The molecule has 0 bridgehead atoms. The second-order valence-corrected chi connectivity index (χ2v) is 3.98. The fourth-order valence-electron chi connectivity index (χ4n) is 1.83. The number of methoxy groups -OCH3 is 1. The standard InChI is InChI=1S/C13H16O3/c1-3-9-4-6-10(7-5-9)16-12-8-11(14)13(12)15-2/h4-7,12-13H,3,8H2,1-2H3. The minimum atomic E-state index is -0.383. The van der Waals surface area contributed by atoms with E-state index in [1.165, 1.54) is 12.7 Å². The Kier molecular flexibility index (Phi) is 3.25. The van der Waals surface area contributed by atoms with Crippen molar-refractivity contribution in [2.75, 3.05) is 7.11 Å². The molecular weight excluding hydrogens is 204 g/mol. The molecule has 0 radical (unpaired) electrons. The summed E-state index contributed by atoms with van der Waals surface area (Å²) in [4.78, 5) is 11.2. The van der Waals surface area contributed by atoms with E-state index in [1.807, 2.05) is 24.3 Å². The van der Waals surface area contributed by atoms with Gasteiger partial charge >= 0.3 is 0 Å². The van der Waals surface area contributed by atoms with Crippen molar-refractivity contribution < 1.29 is 14.3 Å². The van der Waals surface area contributed by atoms with Gasteiger partial charge in [-0.15, -0.1) is 0 Å². The molecule has 2 unspecified atom stereocenters. The number of aryl methyl sites for hydroxylation is 1. The highest BCUT2D eigenvalue weighted by Gasteiger charge is 2.41. The van der Waals surface area contributed by atoms with Crippen LogP contribution in [0.2, 0.25) is 0 Å². The van der Waals surface area contributed by atoms with Crippen molar-refractivity contribution in [1.29, 1.82) is 0 Å². The number of hydrogen-bond donors (Lipinski definition) is 0. The van der Waals surface area contributed by atoms with Crippen LogP contribution in [0.5, 0.6) is 5.75 Å². The molecule has 1 aliphatic carbocycles. The maximum atomic E-state index is 11.2. The zero-order valence-electron chi connectivity index (χ0n) is 9.60. The molecule has 0 N–H and O–H groups in total. The molecule has 2 rings (SSSR count). The van der Waals surface area contributed by atoms with Crippen LogP contribution in [0.3, 0.4) is 0 Å². The lowest BCUT2D eigenvalue weighted by Gasteiger charge is -2.33. The first-order valence-electron chi connectivity index (χ1n) is 5.55. The molecule has 3 heteroatoms. The van der Waals surface area contributed by atoms with E-state index in [4.69, 9.17) is 9.47 Å². The monoisotopic (exact) mass is 220 g/mol. The predicted molar refractivity (Wildman–Crippen MR) is 60.7 cm³/mol. The maximum absolute atomic E-state index is 11.2. The highest BCUT2D eigenvalue weighted by molar-refractivity contribution is 5.90. The molecule has 0 aliphatic heterocycles. The van der Waals surface area contributed by atoms with Crippen LogP contribution >= 0.6 is 0 Å². The zero-order valence-corrected chi connectivity index (χ0v) is 9.60. The van der Waals surface area contributed by atoms with Gasteiger partial charge in [0.25, 0.3) is 0 Å². The van der Waals surface area contributed by atoms with Crippen LogP contribution in [0, 0.1) is 0 Å². The van der Waals surface area contributed by atoms with Crippen LogP contribution in [-0.2, 0) is 16.0 Å². The van der Waals surface area contributed by atoms with E-state index in [0.717, 1.165) is 12.2 Å². The number of Topliss-reactive ketones (excluding diaryl/α,β-unsaturated/α-hetero) is 1. The average molecular weight is 220 g/mol. The molecule has 0 amide bonds. The van der Waals surface area contributed by atoms with Gasteiger partial charge in [0, 0.05) is 13.5 Å². The molecule has 16 heavy (non-hydrogen) atoms. The van der Waals surface area contributed by atoms with Crippen molar-refractivity contribution in [3.8, 4) is 5.75 Å². The minimum Gasteiger partial charge on any atom is -0.487 e. The average Bonchev–Trinajstić information content (AvgIpc) is 2.30. The number of carbonyl (C=O) groups is 1.